The van der Waals surface area contributed by atoms with Crippen LogP contribution in [0.5, 0.6) is 0 Å². The van der Waals surface area contributed by atoms with Crippen LogP contribution in [0, 0.1) is 0 Å². The van der Waals surface area contributed by atoms with Gasteiger partial charge in [-0.1, -0.05) is 0 Å². The molecule has 5 nitrogen and oxygen atoms in total. The Bertz CT molecular complexity index is 313. The molecule has 1 heterocycles. The van der Waals surface area contributed by atoms with Crippen molar-refractivity contribution >= 4 is 5.91 Å². The number of carbonyl (C=O) groups excluding carboxylic acids is 1. The van der Waals surface area contributed by atoms with E-state index in [1.165, 1.54) is 6.20 Å². The van der Waals surface area contributed by atoms with Gasteiger partial charge < -0.3 is 11.1 Å². The third-order valence-corrected chi connectivity index (χ3v) is 1.96. The van der Waals surface area contributed by atoms with Crippen molar-refractivity contribution < 1.29 is 4.79 Å². The molecule has 0 aliphatic heterocycles. The molecule has 1 aromatic rings. The van der Waals surface area contributed by atoms with Crippen molar-refractivity contribution in [2.24, 2.45) is 5.73 Å². The Morgan fingerprint density at radius 1 is 1.69 bits per heavy atom. The van der Waals surface area contributed by atoms with Gasteiger partial charge in [-0.25, -0.2) is 0 Å². The summed E-state index contributed by atoms with van der Waals surface area (Å²) in [5.74, 6) is -0.203. The second-order valence-corrected chi connectivity index (χ2v) is 3.09. The lowest BCUT2D eigenvalue weighted by molar-refractivity contribution is 0.0944. The van der Waals surface area contributed by atoms with Crippen LogP contribution in [0.15, 0.2) is 18.3 Å². The van der Waals surface area contributed by atoms with Crippen LogP contribution in [0.2, 0.25) is 0 Å². The summed E-state index contributed by atoms with van der Waals surface area (Å²) in [5.41, 5.74) is 5.88. The number of nitrogens with zero attached hydrogens (tertiary/aromatic N) is 2. The number of rotatable bonds is 2. The van der Waals surface area contributed by atoms with Crippen molar-refractivity contribution in [3.63, 3.8) is 0 Å². The Morgan fingerprint density at radius 3 is 3.00 bits per heavy atom. The minimum absolute atomic E-state index is 0.112. The van der Waals surface area contributed by atoms with E-state index in [2.05, 4.69) is 15.5 Å². The predicted molar refractivity (Wildman–Crippen MR) is 45.9 cm³/mol. The fourth-order valence-corrected chi connectivity index (χ4v) is 1.05. The van der Waals surface area contributed by atoms with Gasteiger partial charge in [0.2, 0.25) is 0 Å². The summed E-state index contributed by atoms with van der Waals surface area (Å²) in [5, 5.41) is 10.0. The van der Waals surface area contributed by atoms with E-state index in [0.29, 0.717) is 5.69 Å². The monoisotopic (exact) mass is 178 g/mol. The van der Waals surface area contributed by atoms with E-state index in [4.69, 9.17) is 5.73 Å². The zero-order chi connectivity index (χ0) is 9.26. The van der Waals surface area contributed by atoms with Crippen LogP contribution in [-0.4, -0.2) is 28.2 Å². The van der Waals surface area contributed by atoms with Crippen molar-refractivity contribution in [3.05, 3.63) is 24.0 Å². The maximum Gasteiger partial charge on any atom is 0.272 e. The molecule has 1 amide bonds. The maximum absolute atomic E-state index is 11.4. The van der Waals surface area contributed by atoms with Gasteiger partial charge in [-0.15, -0.1) is 5.10 Å². The molecular weight excluding hydrogens is 168 g/mol. The standard InChI is InChI=1S/C8H10N4O/c9-5-4-7(5)11-8(13)6-2-1-3-10-12-6/h1-3,5,7H,4,9H2,(H,11,13). The molecule has 1 aromatic heterocycles. The summed E-state index contributed by atoms with van der Waals surface area (Å²) < 4.78 is 0. The normalized spacial score (nSPS) is 25.3. The van der Waals surface area contributed by atoms with Crippen LogP contribution in [0.1, 0.15) is 16.9 Å². The van der Waals surface area contributed by atoms with Gasteiger partial charge in [0, 0.05) is 18.3 Å². The topological polar surface area (TPSA) is 80.9 Å². The Kier molecular flexibility index (Phi) is 1.94. The van der Waals surface area contributed by atoms with E-state index in [0.717, 1.165) is 6.42 Å². The summed E-state index contributed by atoms with van der Waals surface area (Å²) in [6.07, 6.45) is 2.38. The summed E-state index contributed by atoms with van der Waals surface area (Å²) in [6.45, 7) is 0. The number of nitrogens with one attached hydrogen (secondary N) is 1. The quantitative estimate of drug-likeness (QED) is 0.627. The molecule has 0 saturated heterocycles. The second kappa shape index (κ2) is 3.10. The van der Waals surface area contributed by atoms with E-state index >= 15 is 0 Å². The van der Waals surface area contributed by atoms with Gasteiger partial charge in [0.1, 0.15) is 0 Å². The summed E-state index contributed by atoms with van der Waals surface area (Å²) in [7, 11) is 0. The first kappa shape index (κ1) is 8.12. The lowest BCUT2D eigenvalue weighted by atomic mass is 10.3. The third-order valence-electron chi connectivity index (χ3n) is 1.96. The lowest BCUT2D eigenvalue weighted by Gasteiger charge is -2.00. The number of aromatic nitrogens is 2. The van der Waals surface area contributed by atoms with E-state index in [-0.39, 0.29) is 18.0 Å². The van der Waals surface area contributed by atoms with Gasteiger partial charge in [0.15, 0.2) is 5.69 Å². The molecule has 1 aliphatic carbocycles. The molecule has 0 aromatic carbocycles. The van der Waals surface area contributed by atoms with Crippen molar-refractivity contribution in [2.45, 2.75) is 18.5 Å². The largest absolute Gasteiger partial charge is 0.346 e. The SMILES string of the molecule is NC1CC1NC(=O)c1cccnn1. The van der Waals surface area contributed by atoms with Crippen molar-refractivity contribution in [3.8, 4) is 0 Å². The average Bonchev–Trinajstić information content (AvgIpc) is 2.83. The third kappa shape index (κ3) is 1.81. The van der Waals surface area contributed by atoms with Crippen LogP contribution in [0.25, 0.3) is 0 Å². The summed E-state index contributed by atoms with van der Waals surface area (Å²) in [6, 6.07) is 3.53. The second-order valence-electron chi connectivity index (χ2n) is 3.09. The van der Waals surface area contributed by atoms with Gasteiger partial charge in [0.05, 0.1) is 0 Å². The van der Waals surface area contributed by atoms with Gasteiger partial charge in [-0.3, -0.25) is 4.79 Å². The Balaban J connectivity index is 1.98. The van der Waals surface area contributed by atoms with Crippen LogP contribution in [0.3, 0.4) is 0 Å². The van der Waals surface area contributed by atoms with E-state index in [1.54, 1.807) is 12.1 Å². The maximum atomic E-state index is 11.4. The van der Waals surface area contributed by atoms with Crippen LogP contribution < -0.4 is 11.1 Å². The predicted octanol–water partition coefficient (Wildman–Crippen LogP) is -0.694. The fourth-order valence-electron chi connectivity index (χ4n) is 1.05. The number of hydrogen-bond donors (Lipinski definition) is 2. The lowest BCUT2D eigenvalue weighted by Crippen LogP contribution is -2.30. The van der Waals surface area contributed by atoms with Crippen molar-refractivity contribution in [1.29, 1.82) is 0 Å². The zero-order valence-corrected chi connectivity index (χ0v) is 6.97. The number of nitrogens with two attached hydrogens (primary N) is 1. The Morgan fingerprint density at radius 2 is 2.46 bits per heavy atom. The van der Waals surface area contributed by atoms with Crippen molar-refractivity contribution in [1.82, 2.24) is 15.5 Å². The first-order chi connectivity index (χ1) is 6.27. The van der Waals surface area contributed by atoms with Crippen LogP contribution >= 0.6 is 0 Å². The molecule has 2 atom stereocenters. The zero-order valence-electron chi connectivity index (χ0n) is 6.97. The molecule has 1 fully saturated rings. The van der Waals surface area contributed by atoms with E-state index < -0.39 is 0 Å². The van der Waals surface area contributed by atoms with Gasteiger partial charge in [-0.05, 0) is 18.6 Å². The smallest absolute Gasteiger partial charge is 0.272 e. The van der Waals surface area contributed by atoms with Crippen LogP contribution in [-0.2, 0) is 0 Å². The fraction of sp³-hybridized carbons (Fsp3) is 0.375. The molecule has 3 N–H and O–H groups in total. The first-order valence-electron chi connectivity index (χ1n) is 4.11. The summed E-state index contributed by atoms with van der Waals surface area (Å²) in [4.78, 5) is 11.4. The molecule has 1 aliphatic rings. The molecule has 0 radical (unpaired) electrons. The minimum Gasteiger partial charge on any atom is -0.346 e. The van der Waals surface area contributed by atoms with Crippen LogP contribution in [0.4, 0.5) is 0 Å². The van der Waals surface area contributed by atoms with Gasteiger partial charge >= 0.3 is 0 Å². The molecule has 2 rings (SSSR count). The highest BCUT2D eigenvalue weighted by Crippen LogP contribution is 2.17. The minimum atomic E-state index is -0.203. The molecule has 1 saturated carbocycles. The van der Waals surface area contributed by atoms with E-state index in [9.17, 15) is 4.79 Å². The number of hydrogen-bond acceptors (Lipinski definition) is 4. The molecular formula is C8H10N4O. The molecule has 0 bridgehead atoms. The molecule has 68 valence electrons. The molecule has 13 heavy (non-hydrogen) atoms. The summed E-state index contributed by atoms with van der Waals surface area (Å²) >= 11 is 0. The van der Waals surface area contributed by atoms with Gasteiger partial charge in [-0.2, -0.15) is 5.10 Å². The highest BCUT2D eigenvalue weighted by molar-refractivity contribution is 5.92. The molecule has 0 spiro atoms. The highest BCUT2D eigenvalue weighted by atomic mass is 16.2. The van der Waals surface area contributed by atoms with Crippen molar-refractivity contribution in [2.75, 3.05) is 0 Å². The Hall–Kier alpha value is -1.49. The van der Waals surface area contributed by atoms with E-state index in [1.807, 2.05) is 0 Å². The molecule has 2 unspecified atom stereocenters. The first-order valence-corrected chi connectivity index (χ1v) is 4.11. The number of amides is 1. The highest BCUT2D eigenvalue weighted by Gasteiger charge is 2.35. The van der Waals surface area contributed by atoms with Gasteiger partial charge in [0.25, 0.3) is 5.91 Å². The average molecular weight is 178 g/mol. The number of carbonyl (C=O) groups is 1. The Labute approximate surface area is 75.3 Å². The molecule has 5 heteroatoms.